The fraction of sp³-hybridized carbons (Fsp3) is 0.222. The number of halogens is 1. The minimum atomic E-state index is -3.58. The second kappa shape index (κ2) is 10.7. The third-order valence-electron chi connectivity index (χ3n) is 6.42. The van der Waals surface area contributed by atoms with Crippen molar-refractivity contribution in [3.63, 3.8) is 0 Å². The van der Waals surface area contributed by atoms with Gasteiger partial charge in [0.1, 0.15) is 35.1 Å². The van der Waals surface area contributed by atoms with Crippen molar-refractivity contribution in [2.45, 2.75) is 25.3 Å². The fourth-order valence-corrected chi connectivity index (χ4v) is 5.50. The predicted molar refractivity (Wildman–Crippen MR) is 142 cm³/mol. The van der Waals surface area contributed by atoms with Gasteiger partial charge in [-0.05, 0) is 37.1 Å². The molecule has 5 rings (SSSR count). The number of hydrogen-bond donors (Lipinski definition) is 2. The van der Waals surface area contributed by atoms with Gasteiger partial charge in [0.15, 0.2) is 5.78 Å². The van der Waals surface area contributed by atoms with Crippen LogP contribution in [0.5, 0.6) is 11.5 Å². The molecule has 2 N–H and O–H groups in total. The van der Waals surface area contributed by atoms with E-state index in [1.54, 1.807) is 24.3 Å². The first-order valence-electron chi connectivity index (χ1n) is 12.1. The molecule has 0 radical (unpaired) electrons. The zero-order valence-corrected chi connectivity index (χ0v) is 21.2. The fourth-order valence-electron chi connectivity index (χ4n) is 4.52. The minimum absolute atomic E-state index is 0.126. The Kier molecular flexibility index (Phi) is 7.21. The largest absolute Gasteiger partial charge is 0.457 e. The molecule has 3 heterocycles. The molecule has 0 amide bonds. The molecule has 1 atom stereocenters. The van der Waals surface area contributed by atoms with E-state index in [0.29, 0.717) is 35.6 Å². The molecular weight excluding hydrogens is 509 g/mol. The minimum Gasteiger partial charge on any atom is -0.457 e. The van der Waals surface area contributed by atoms with Gasteiger partial charge in [-0.3, -0.25) is 4.79 Å². The van der Waals surface area contributed by atoms with E-state index < -0.39 is 21.6 Å². The van der Waals surface area contributed by atoms with Crippen molar-refractivity contribution >= 4 is 32.7 Å². The Bertz CT molecular complexity index is 1590. The average molecular weight is 536 g/mol. The van der Waals surface area contributed by atoms with Crippen LogP contribution in [0.3, 0.4) is 0 Å². The lowest BCUT2D eigenvalue weighted by Crippen LogP contribution is -2.38. The van der Waals surface area contributed by atoms with Crippen LogP contribution in [0.1, 0.15) is 35.2 Å². The molecule has 38 heavy (non-hydrogen) atoms. The third kappa shape index (κ3) is 5.29. The highest BCUT2D eigenvalue weighted by atomic mass is 32.2. The Morgan fingerprint density at radius 2 is 1.95 bits per heavy atom. The smallest absolute Gasteiger partial charge is 0.235 e. The molecule has 1 saturated heterocycles. The molecule has 4 aromatic rings. The maximum Gasteiger partial charge on any atom is 0.235 e. The summed E-state index contributed by atoms with van der Waals surface area (Å²) in [6.45, 7) is 4.06. The zero-order valence-electron chi connectivity index (χ0n) is 20.4. The molecule has 0 saturated carbocycles. The lowest BCUT2D eigenvalue weighted by molar-refractivity contribution is 0.103. The van der Waals surface area contributed by atoms with E-state index in [1.807, 2.05) is 6.07 Å². The number of aromatic amines is 1. The number of nitrogens with zero attached hydrogens (tertiary/aromatic N) is 3. The maximum atomic E-state index is 15.1. The summed E-state index contributed by atoms with van der Waals surface area (Å²) in [5, 5.41) is 4.65. The summed E-state index contributed by atoms with van der Waals surface area (Å²) in [7, 11) is -3.58. The number of para-hydroxylation sites is 1. The summed E-state index contributed by atoms with van der Waals surface area (Å²) >= 11 is 0. The standard InChI is InChI=1S/C27H26FN5O4S/c1-2-38(35,36)33-13-7-6-8-18(16-33)32-27-24-22(15-29-26(24)30-17-31-27)25(34)21-12-11-20(14-23(21)28)37-19-9-4-3-5-10-19/h2-5,9-12,14-15,17-18H,1,6-8,13,16H2,(H2,29,30,31,32). The molecule has 2 aromatic carbocycles. The number of sulfonamides is 1. The van der Waals surface area contributed by atoms with Crippen LogP contribution in [0.15, 0.2) is 73.0 Å². The first-order valence-corrected chi connectivity index (χ1v) is 13.6. The van der Waals surface area contributed by atoms with Gasteiger partial charge >= 0.3 is 0 Å². The number of carbonyl (C=O) groups is 1. The number of H-pyrrole nitrogens is 1. The predicted octanol–water partition coefficient (Wildman–Crippen LogP) is 4.86. The highest BCUT2D eigenvalue weighted by Crippen LogP contribution is 2.30. The maximum absolute atomic E-state index is 15.1. The molecular formula is C27H26FN5O4S. The van der Waals surface area contributed by atoms with Gasteiger partial charge in [0.25, 0.3) is 0 Å². The van der Waals surface area contributed by atoms with Crippen molar-refractivity contribution in [1.29, 1.82) is 0 Å². The summed E-state index contributed by atoms with van der Waals surface area (Å²) in [5.41, 5.74) is 0.473. The van der Waals surface area contributed by atoms with Crippen molar-refractivity contribution in [2.75, 3.05) is 18.4 Å². The lowest BCUT2D eigenvalue weighted by Gasteiger charge is -2.23. The summed E-state index contributed by atoms with van der Waals surface area (Å²) in [4.78, 5) is 25.0. The van der Waals surface area contributed by atoms with Gasteiger partial charge in [-0.25, -0.2) is 22.8 Å². The molecule has 0 bridgehead atoms. The molecule has 1 fully saturated rings. The number of anilines is 1. The molecule has 0 aliphatic carbocycles. The first kappa shape index (κ1) is 25.6. The molecule has 0 spiro atoms. The summed E-state index contributed by atoms with van der Waals surface area (Å²) in [6, 6.07) is 12.8. The number of ketones is 1. The van der Waals surface area contributed by atoms with Gasteiger partial charge in [0, 0.05) is 36.8 Å². The number of carbonyl (C=O) groups excluding carboxylic acids is 1. The molecule has 11 heteroatoms. The molecule has 1 unspecified atom stereocenters. The SMILES string of the molecule is C=CS(=O)(=O)N1CCCCC(Nc2ncnc3[nH]cc(C(=O)c4ccc(Oc5ccccc5)cc4F)c23)C1. The van der Waals surface area contributed by atoms with E-state index >= 15 is 4.39 Å². The van der Waals surface area contributed by atoms with E-state index in [-0.39, 0.29) is 29.5 Å². The van der Waals surface area contributed by atoms with Gasteiger partial charge in [-0.2, -0.15) is 4.31 Å². The van der Waals surface area contributed by atoms with E-state index in [2.05, 4.69) is 26.8 Å². The topological polar surface area (TPSA) is 117 Å². The van der Waals surface area contributed by atoms with Crippen LogP contribution in [0, 0.1) is 5.82 Å². The van der Waals surface area contributed by atoms with Crippen LogP contribution in [-0.2, 0) is 10.0 Å². The van der Waals surface area contributed by atoms with Gasteiger partial charge in [0.2, 0.25) is 10.0 Å². The van der Waals surface area contributed by atoms with Gasteiger partial charge < -0.3 is 15.0 Å². The van der Waals surface area contributed by atoms with Crippen molar-refractivity contribution in [1.82, 2.24) is 19.3 Å². The average Bonchev–Trinajstić information content (AvgIpc) is 3.21. The number of aromatic nitrogens is 3. The Labute approximate surface area is 219 Å². The third-order valence-corrected chi connectivity index (χ3v) is 7.90. The molecule has 9 nitrogen and oxygen atoms in total. The Morgan fingerprint density at radius 1 is 1.13 bits per heavy atom. The lowest BCUT2D eigenvalue weighted by atomic mass is 10.0. The first-order chi connectivity index (χ1) is 18.4. The summed E-state index contributed by atoms with van der Waals surface area (Å²) in [6.07, 6.45) is 5.07. The van der Waals surface area contributed by atoms with E-state index in [4.69, 9.17) is 4.74 Å². The van der Waals surface area contributed by atoms with E-state index in [9.17, 15) is 13.2 Å². The second-order valence-electron chi connectivity index (χ2n) is 8.94. The highest BCUT2D eigenvalue weighted by Gasteiger charge is 2.27. The monoisotopic (exact) mass is 535 g/mol. The number of nitrogens with one attached hydrogen (secondary N) is 2. The molecule has 2 aromatic heterocycles. The molecule has 1 aliphatic rings. The van der Waals surface area contributed by atoms with E-state index in [0.717, 1.165) is 18.2 Å². The zero-order chi connectivity index (χ0) is 26.7. The van der Waals surface area contributed by atoms with Gasteiger partial charge in [-0.1, -0.05) is 31.2 Å². The van der Waals surface area contributed by atoms with Crippen molar-refractivity contribution < 1.29 is 22.3 Å². The van der Waals surface area contributed by atoms with Crippen molar-refractivity contribution in [3.05, 3.63) is 90.0 Å². The Hall–Kier alpha value is -4.09. The van der Waals surface area contributed by atoms with Crippen LogP contribution in [0.25, 0.3) is 11.0 Å². The van der Waals surface area contributed by atoms with Crippen LogP contribution >= 0.6 is 0 Å². The second-order valence-corrected chi connectivity index (χ2v) is 10.8. The number of benzene rings is 2. The Balaban J connectivity index is 1.42. The summed E-state index contributed by atoms with van der Waals surface area (Å²) in [5.74, 6) is -0.0876. The number of rotatable bonds is 8. The normalized spacial score (nSPS) is 16.6. The van der Waals surface area contributed by atoms with Crippen LogP contribution < -0.4 is 10.1 Å². The quantitative estimate of drug-likeness (QED) is 0.310. The van der Waals surface area contributed by atoms with Gasteiger partial charge in [0.05, 0.1) is 16.5 Å². The molecule has 196 valence electrons. The molecule has 1 aliphatic heterocycles. The van der Waals surface area contributed by atoms with Crippen LogP contribution in [0.2, 0.25) is 0 Å². The van der Waals surface area contributed by atoms with Crippen molar-refractivity contribution in [2.24, 2.45) is 0 Å². The van der Waals surface area contributed by atoms with Crippen LogP contribution in [0.4, 0.5) is 10.2 Å². The Morgan fingerprint density at radius 3 is 2.71 bits per heavy atom. The van der Waals surface area contributed by atoms with Crippen molar-refractivity contribution in [3.8, 4) is 11.5 Å². The number of hydrogen-bond acceptors (Lipinski definition) is 7. The number of fused-ring (bicyclic) bond motifs is 1. The summed E-state index contributed by atoms with van der Waals surface area (Å²) < 4.78 is 46.9. The number of ether oxygens (including phenoxy) is 1. The highest BCUT2D eigenvalue weighted by molar-refractivity contribution is 7.92. The van der Waals surface area contributed by atoms with Crippen LogP contribution in [-0.4, -0.2) is 52.6 Å². The van der Waals surface area contributed by atoms with Gasteiger partial charge in [-0.15, -0.1) is 0 Å². The van der Waals surface area contributed by atoms with E-state index in [1.165, 1.54) is 35.0 Å².